The molecule has 1 fully saturated rings. The number of aliphatic hydroxyl groups excluding tert-OH is 1. The van der Waals surface area contributed by atoms with E-state index in [-0.39, 0.29) is 0 Å². The molecule has 25 heavy (non-hydrogen) atoms. The van der Waals surface area contributed by atoms with E-state index in [0.717, 1.165) is 55.8 Å². The van der Waals surface area contributed by atoms with E-state index in [9.17, 15) is 15.0 Å². The fraction of sp³-hybridized carbons (Fsp3) is 0.474. The van der Waals surface area contributed by atoms with Crippen molar-refractivity contribution in [3.63, 3.8) is 0 Å². The Morgan fingerprint density at radius 2 is 2.08 bits per heavy atom. The molecular formula is C19H23N3O3. The predicted octanol–water partition coefficient (Wildman–Crippen LogP) is 2.43. The van der Waals surface area contributed by atoms with Crippen LogP contribution in [-0.4, -0.2) is 37.4 Å². The summed E-state index contributed by atoms with van der Waals surface area (Å²) in [7, 11) is 0. The second kappa shape index (κ2) is 6.61. The maximum absolute atomic E-state index is 11.4. The molecule has 1 unspecified atom stereocenters. The number of aliphatic hydroxyl groups is 1. The van der Waals surface area contributed by atoms with Crippen molar-refractivity contribution >= 4 is 5.97 Å². The van der Waals surface area contributed by atoms with Gasteiger partial charge in [-0.2, -0.15) is 5.10 Å². The quantitative estimate of drug-likeness (QED) is 0.873. The van der Waals surface area contributed by atoms with Gasteiger partial charge in [0.25, 0.3) is 0 Å². The number of benzene rings is 1. The summed E-state index contributed by atoms with van der Waals surface area (Å²) in [5, 5.41) is 24.3. The molecule has 4 rings (SSSR count). The number of aromatic carboxylic acids is 1. The van der Waals surface area contributed by atoms with Crippen molar-refractivity contribution < 1.29 is 15.0 Å². The summed E-state index contributed by atoms with van der Waals surface area (Å²) in [6.45, 7) is 3.06. The minimum Gasteiger partial charge on any atom is -0.478 e. The number of hydrogen-bond donors (Lipinski definition) is 2. The van der Waals surface area contributed by atoms with Crippen molar-refractivity contribution in [2.45, 2.75) is 45.0 Å². The topological polar surface area (TPSA) is 78.6 Å². The Morgan fingerprint density at radius 3 is 2.84 bits per heavy atom. The van der Waals surface area contributed by atoms with Gasteiger partial charge in [-0.05, 0) is 42.9 Å². The Morgan fingerprint density at radius 1 is 1.28 bits per heavy atom. The zero-order valence-corrected chi connectivity index (χ0v) is 14.1. The van der Waals surface area contributed by atoms with E-state index in [1.54, 1.807) is 12.1 Å². The van der Waals surface area contributed by atoms with E-state index < -0.39 is 12.1 Å². The summed E-state index contributed by atoms with van der Waals surface area (Å²) >= 11 is 0. The average molecular weight is 341 g/mol. The number of aryl methyl sites for hydroxylation is 1. The molecule has 1 aliphatic carbocycles. The van der Waals surface area contributed by atoms with Crippen molar-refractivity contribution in [3.05, 3.63) is 52.8 Å². The van der Waals surface area contributed by atoms with Crippen LogP contribution in [0.25, 0.3) is 0 Å². The van der Waals surface area contributed by atoms with Crippen molar-refractivity contribution in [3.8, 4) is 0 Å². The molecule has 0 saturated heterocycles. The van der Waals surface area contributed by atoms with Crippen molar-refractivity contribution in [2.75, 3.05) is 6.54 Å². The van der Waals surface area contributed by atoms with Gasteiger partial charge in [-0.15, -0.1) is 0 Å². The Balaban J connectivity index is 1.52. The van der Waals surface area contributed by atoms with Gasteiger partial charge in [0, 0.05) is 26.2 Å². The zero-order valence-electron chi connectivity index (χ0n) is 14.1. The SMILES string of the molecule is O=C(O)c1ccccc1CN1CCCn2nc(C(O)C3CC3)cc2C1. The number of aromatic nitrogens is 2. The van der Waals surface area contributed by atoms with E-state index in [1.165, 1.54) is 0 Å². The first-order valence-electron chi connectivity index (χ1n) is 8.90. The molecule has 6 nitrogen and oxygen atoms in total. The Bertz CT molecular complexity index is 782. The summed E-state index contributed by atoms with van der Waals surface area (Å²) in [6.07, 6.45) is 2.69. The van der Waals surface area contributed by atoms with Gasteiger partial charge in [-0.3, -0.25) is 9.58 Å². The lowest BCUT2D eigenvalue weighted by Crippen LogP contribution is -2.24. The van der Waals surface area contributed by atoms with Crippen molar-refractivity contribution in [1.82, 2.24) is 14.7 Å². The number of hydrogen-bond acceptors (Lipinski definition) is 4. The largest absolute Gasteiger partial charge is 0.478 e. The van der Waals surface area contributed by atoms with Gasteiger partial charge >= 0.3 is 5.97 Å². The van der Waals surface area contributed by atoms with Crippen LogP contribution in [0, 0.1) is 5.92 Å². The molecule has 2 N–H and O–H groups in total. The number of carbonyl (C=O) groups is 1. The lowest BCUT2D eigenvalue weighted by atomic mass is 10.1. The summed E-state index contributed by atoms with van der Waals surface area (Å²) in [5.74, 6) is -0.511. The molecule has 1 saturated carbocycles. The fourth-order valence-corrected chi connectivity index (χ4v) is 3.59. The number of carboxylic acids is 1. The van der Waals surface area contributed by atoms with Gasteiger partial charge in [0.1, 0.15) is 6.10 Å². The van der Waals surface area contributed by atoms with Gasteiger partial charge in [0.05, 0.1) is 17.0 Å². The van der Waals surface area contributed by atoms with Gasteiger partial charge in [-0.1, -0.05) is 18.2 Å². The van der Waals surface area contributed by atoms with E-state index in [2.05, 4.69) is 10.00 Å². The first-order chi connectivity index (χ1) is 12.1. The summed E-state index contributed by atoms with van der Waals surface area (Å²) < 4.78 is 2.00. The number of carboxylic acid groups (broad SMARTS) is 1. The maximum Gasteiger partial charge on any atom is 0.336 e. The van der Waals surface area contributed by atoms with E-state index in [4.69, 9.17) is 0 Å². The Hall–Kier alpha value is -2.18. The standard InChI is InChI=1S/C19H23N3O3/c23-18(13-6-7-13)17-10-15-12-21(8-3-9-22(15)20-17)11-14-4-1-2-5-16(14)19(24)25/h1-2,4-5,10,13,18,23H,3,6-9,11-12H2,(H,24,25). The summed E-state index contributed by atoms with van der Waals surface area (Å²) in [4.78, 5) is 13.7. The molecule has 1 aliphatic heterocycles. The van der Waals surface area contributed by atoms with E-state index in [1.807, 2.05) is 22.9 Å². The lowest BCUT2D eigenvalue weighted by Gasteiger charge is -2.20. The minimum absolute atomic E-state index is 0.366. The van der Waals surface area contributed by atoms with Gasteiger partial charge in [0.15, 0.2) is 0 Å². The second-order valence-electron chi connectivity index (χ2n) is 7.09. The maximum atomic E-state index is 11.4. The molecule has 0 radical (unpaired) electrons. The molecule has 1 atom stereocenters. The van der Waals surface area contributed by atoms with Crippen LogP contribution in [0.4, 0.5) is 0 Å². The van der Waals surface area contributed by atoms with Gasteiger partial charge in [-0.25, -0.2) is 4.79 Å². The monoisotopic (exact) mass is 341 g/mol. The van der Waals surface area contributed by atoms with E-state index >= 15 is 0 Å². The first kappa shape index (κ1) is 16.3. The Kier molecular flexibility index (Phi) is 4.31. The molecule has 2 heterocycles. The number of fused-ring (bicyclic) bond motifs is 1. The highest BCUT2D eigenvalue weighted by molar-refractivity contribution is 5.89. The highest BCUT2D eigenvalue weighted by atomic mass is 16.4. The first-order valence-corrected chi connectivity index (χ1v) is 8.90. The third-order valence-corrected chi connectivity index (χ3v) is 5.13. The predicted molar refractivity (Wildman–Crippen MR) is 92.0 cm³/mol. The van der Waals surface area contributed by atoms with E-state index in [0.29, 0.717) is 18.0 Å². The van der Waals surface area contributed by atoms with Crippen molar-refractivity contribution in [1.29, 1.82) is 0 Å². The summed E-state index contributed by atoms with van der Waals surface area (Å²) in [6, 6.07) is 9.20. The number of nitrogens with zero attached hydrogens (tertiary/aromatic N) is 3. The fourth-order valence-electron chi connectivity index (χ4n) is 3.59. The summed E-state index contributed by atoms with van der Waals surface area (Å²) in [5.41, 5.74) is 3.08. The van der Waals surface area contributed by atoms with Crippen LogP contribution >= 0.6 is 0 Å². The second-order valence-corrected chi connectivity index (χ2v) is 7.09. The Labute approximate surface area is 146 Å². The van der Waals surface area contributed by atoms with Crippen LogP contribution in [0.1, 0.15) is 52.7 Å². The molecular weight excluding hydrogens is 318 g/mol. The average Bonchev–Trinajstić information content (AvgIpc) is 3.39. The highest BCUT2D eigenvalue weighted by Crippen LogP contribution is 2.40. The smallest absolute Gasteiger partial charge is 0.336 e. The lowest BCUT2D eigenvalue weighted by molar-refractivity contribution is 0.0694. The third-order valence-electron chi connectivity index (χ3n) is 5.13. The van der Waals surface area contributed by atoms with Crippen LogP contribution in [0.3, 0.4) is 0 Å². The van der Waals surface area contributed by atoms with Crippen molar-refractivity contribution in [2.24, 2.45) is 5.92 Å². The normalized spacial score (nSPS) is 19.2. The third kappa shape index (κ3) is 3.45. The van der Waals surface area contributed by atoms with Gasteiger partial charge in [0.2, 0.25) is 0 Å². The molecule has 6 heteroatoms. The zero-order chi connectivity index (χ0) is 17.4. The molecule has 2 aliphatic rings. The molecule has 1 aromatic heterocycles. The molecule has 0 bridgehead atoms. The minimum atomic E-state index is -0.884. The van der Waals surface area contributed by atoms with Gasteiger partial charge < -0.3 is 10.2 Å². The molecule has 132 valence electrons. The molecule has 0 spiro atoms. The molecule has 2 aromatic rings. The molecule has 0 amide bonds. The number of rotatable bonds is 5. The highest BCUT2D eigenvalue weighted by Gasteiger charge is 2.33. The van der Waals surface area contributed by atoms with Crippen LogP contribution < -0.4 is 0 Å². The molecule has 1 aromatic carbocycles. The van der Waals surface area contributed by atoms with Crippen LogP contribution in [0.15, 0.2) is 30.3 Å². The van der Waals surface area contributed by atoms with Crippen LogP contribution in [0.2, 0.25) is 0 Å². The van der Waals surface area contributed by atoms with Crippen LogP contribution in [0.5, 0.6) is 0 Å². The van der Waals surface area contributed by atoms with Crippen LogP contribution in [-0.2, 0) is 19.6 Å².